The van der Waals surface area contributed by atoms with Crippen LogP contribution in [-0.4, -0.2) is 32.1 Å². The van der Waals surface area contributed by atoms with Crippen molar-refractivity contribution in [1.29, 1.82) is 0 Å². The lowest BCUT2D eigenvalue weighted by Crippen LogP contribution is -2.16. The van der Waals surface area contributed by atoms with Crippen molar-refractivity contribution >= 4 is 28.7 Å². The number of rotatable bonds is 0. The van der Waals surface area contributed by atoms with Gasteiger partial charge in [-0.15, -0.1) is 0 Å². The molecule has 1 aromatic carbocycles. The Labute approximate surface area is 113 Å². The monoisotopic (exact) mass is 273 g/mol. The number of fused-ring (bicyclic) bond motifs is 2. The number of hydrogen-bond acceptors (Lipinski definition) is 5. The van der Waals surface area contributed by atoms with Crippen molar-refractivity contribution in [1.82, 2.24) is 9.97 Å². The predicted molar refractivity (Wildman–Crippen MR) is 71.3 cm³/mol. The average Bonchev–Trinajstić information content (AvgIpc) is 2.41. The summed E-state index contributed by atoms with van der Waals surface area (Å²) in [6, 6.07) is 7.45. The van der Waals surface area contributed by atoms with Crippen molar-refractivity contribution in [2.24, 2.45) is 5.73 Å². The number of hydrogen-bond donors (Lipinski definition) is 3. The molecular weight excluding hydrogens is 262 g/mol. The summed E-state index contributed by atoms with van der Waals surface area (Å²) < 4.78 is 0. The molecule has 0 atom stereocenters. The van der Waals surface area contributed by atoms with E-state index in [0.717, 1.165) is 11.0 Å². The van der Waals surface area contributed by atoms with E-state index in [-0.39, 0.29) is 5.78 Å². The summed E-state index contributed by atoms with van der Waals surface area (Å²) in [5.74, 6) is -0.0255. The van der Waals surface area contributed by atoms with Crippen molar-refractivity contribution in [2.45, 2.75) is 6.42 Å². The van der Waals surface area contributed by atoms with Gasteiger partial charge in [-0.2, -0.15) is 0 Å². The number of aromatic nitrogens is 2. The van der Waals surface area contributed by atoms with Crippen LogP contribution < -0.4 is 5.73 Å². The molecule has 20 heavy (non-hydrogen) atoms. The summed E-state index contributed by atoms with van der Waals surface area (Å²) in [7, 11) is 0. The van der Waals surface area contributed by atoms with E-state index >= 15 is 0 Å². The number of Topliss-reactive ketones (excluding diaryl/α,β-unsaturated/α-hetero) is 1. The molecule has 0 amide bonds. The molecule has 0 aliphatic heterocycles. The highest BCUT2D eigenvalue weighted by molar-refractivity contribution is 6.03. The minimum Gasteiger partial charge on any atom is -0.450 e. The number of nitrogens with two attached hydrogens (primary N) is 1. The first-order valence-corrected chi connectivity index (χ1v) is 5.67. The number of benzene rings is 1. The zero-order valence-corrected chi connectivity index (χ0v) is 10.3. The summed E-state index contributed by atoms with van der Waals surface area (Å²) in [5.41, 5.74) is 8.72. The molecule has 7 heteroatoms. The number of carbonyl (C=O) groups is 2. The van der Waals surface area contributed by atoms with Gasteiger partial charge in [-0.05, 0) is 12.1 Å². The maximum Gasteiger partial charge on any atom is 0.503 e. The Morgan fingerprint density at radius 2 is 1.60 bits per heavy atom. The van der Waals surface area contributed by atoms with Gasteiger partial charge in [-0.1, -0.05) is 18.2 Å². The molecule has 0 radical (unpaired) electrons. The Bertz CT molecular complexity index is 721. The summed E-state index contributed by atoms with van der Waals surface area (Å²) in [4.78, 5) is 28.9. The largest absolute Gasteiger partial charge is 0.503 e. The molecule has 4 N–H and O–H groups in total. The highest BCUT2D eigenvalue weighted by Gasteiger charge is 2.21. The fourth-order valence-corrected chi connectivity index (χ4v) is 1.79. The molecule has 1 aliphatic carbocycles. The quantitative estimate of drug-likeness (QED) is 0.667. The zero-order valence-electron chi connectivity index (χ0n) is 10.3. The van der Waals surface area contributed by atoms with Crippen molar-refractivity contribution < 1.29 is 19.8 Å². The highest BCUT2D eigenvalue weighted by Crippen LogP contribution is 2.22. The summed E-state index contributed by atoms with van der Waals surface area (Å²) >= 11 is 0. The fourth-order valence-electron chi connectivity index (χ4n) is 1.79. The molecule has 1 aliphatic rings. The first kappa shape index (κ1) is 13.5. The number of carboxylic acid groups (broad SMARTS) is 2. The molecule has 3 rings (SSSR count). The van der Waals surface area contributed by atoms with Gasteiger partial charge in [0, 0.05) is 6.42 Å². The Morgan fingerprint density at radius 3 is 2.15 bits per heavy atom. The van der Waals surface area contributed by atoms with E-state index in [2.05, 4.69) is 9.97 Å². The predicted octanol–water partition coefficient (Wildman–Crippen LogP) is 1.74. The molecule has 1 aromatic heterocycles. The maximum atomic E-state index is 11.7. The van der Waals surface area contributed by atoms with Crippen LogP contribution in [0, 0.1) is 0 Å². The van der Waals surface area contributed by atoms with Crippen LogP contribution in [0.25, 0.3) is 16.7 Å². The zero-order chi connectivity index (χ0) is 14.7. The van der Waals surface area contributed by atoms with Crippen LogP contribution in [0.2, 0.25) is 0 Å². The van der Waals surface area contributed by atoms with E-state index in [1.54, 1.807) is 6.08 Å². The van der Waals surface area contributed by atoms with Gasteiger partial charge in [0.05, 0.1) is 16.7 Å². The van der Waals surface area contributed by atoms with E-state index in [1.807, 2.05) is 24.3 Å². The SMILES string of the molecule is NC1=CCC(=O)c2nc3ccccc3nc21.O=C(O)O. The lowest BCUT2D eigenvalue weighted by Gasteiger charge is -2.12. The van der Waals surface area contributed by atoms with Crippen LogP contribution in [0.1, 0.15) is 22.6 Å². The van der Waals surface area contributed by atoms with Crippen LogP contribution in [0.4, 0.5) is 4.79 Å². The molecule has 0 unspecified atom stereocenters. The second-order valence-electron chi connectivity index (χ2n) is 3.98. The van der Waals surface area contributed by atoms with Gasteiger partial charge in [0.2, 0.25) is 0 Å². The standard InChI is InChI=1S/C12H9N3O.CH2O3/c13-7-5-6-10(16)12-11(7)14-8-3-1-2-4-9(8)15-12;2-1(3)4/h1-5H,6,13H2;(H2,2,3,4). The minimum absolute atomic E-state index is 0.0255. The van der Waals surface area contributed by atoms with Crippen molar-refractivity contribution in [3.63, 3.8) is 0 Å². The van der Waals surface area contributed by atoms with Crippen LogP contribution in [-0.2, 0) is 0 Å². The average molecular weight is 273 g/mol. The van der Waals surface area contributed by atoms with E-state index in [0.29, 0.717) is 23.5 Å². The summed E-state index contributed by atoms with van der Waals surface area (Å²) in [6.45, 7) is 0. The van der Waals surface area contributed by atoms with Crippen molar-refractivity contribution in [2.75, 3.05) is 0 Å². The van der Waals surface area contributed by atoms with Gasteiger partial charge in [0.15, 0.2) is 5.78 Å². The van der Waals surface area contributed by atoms with Crippen LogP contribution >= 0.6 is 0 Å². The number of ketones is 1. The van der Waals surface area contributed by atoms with Crippen LogP contribution in [0.15, 0.2) is 30.3 Å². The molecule has 0 bridgehead atoms. The number of nitrogens with zero attached hydrogens (tertiary/aromatic N) is 2. The lowest BCUT2D eigenvalue weighted by molar-refractivity contribution is 0.0989. The highest BCUT2D eigenvalue weighted by atomic mass is 16.6. The summed E-state index contributed by atoms with van der Waals surface area (Å²) in [5, 5.41) is 13.9. The number of para-hydroxylation sites is 2. The van der Waals surface area contributed by atoms with E-state index in [1.165, 1.54) is 0 Å². The van der Waals surface area contributed by atoms with E-state index < -0.39 is 6.16 Å². The molecule has 0 saturated carbocycles. The second kappa shape index (κ2) is 5.35. The third-order valence-corrected chi connectivity index (χ3v) is 2.62. The Kier molecular flexibility index (Phi) is 3.60. The minimum atomic E-state index is -1.83. The molecule has 1 heterocycles. The van der Waals surface area contributed by atoms with E-state index in [9.17, 15) is 4.79 Å². The number of allylic oxidation sites excluding steroid dienone is 1. The first-order chi connectivity index (χ1) is 9.49. The van der Waals surface area contributed by atoms with Crippen molar-refractivity contribution in [3.8, 4) is 0 Å². The van der Waals surface area contributed by atoms with E-state index in [4.69, 9.17) is 20.7 Å². The Balaban J connectivity index is 0.000000328. The summed E-state index contributed by atoms with van der Waals surface area (Å²) in [6.07, 6.45) is 0.167. The molecule has 0 fully saturated rings. The number of carbonyl (C=O) groups excluding carboxylic acids is 1. The van der Waals surface area contributed by atoms with Gasteiger partial charge >= 0.3 is 6.16 Å². The third kappa shape index (κ3) is 2.72. The molecule has 0 saturated heterocycles. The van der Waals surface area contributed by atoms with Gasteiger partial charge < -0.3 is 15.9 Å². The van der Waals surface area contributed by atoms with Crippen LogP contribution in [0.3, 0.4) is 0 Å². The topological polar surface area (TPSA) is 126 Å². The third-order valence-electron chi connectivity index (χ3n) is 2.62. The van der Waals surface area contributed by atoms with Gasteiger partial charge in [-0.25, -0.2) is 14.8 Å². The lowest BCUT2D eigenvalue weighted by atomic mass is 10.0. The molecule has 0 spiro atoms. The normalized spacial score (nSPS) is 13.0. The fraction of sp³-hybridized carbons (Fsp3) is 0.0769. The Morgan fingerprint density at radius 1 is 1.10 bits per heavy atom. The Hall–Kier alpha value is -2.96. The molecule has 2 aromatic rings. The molecule has 102 valence electrons. The smallest absolute Gasteiger partial charge is 0.450 e. The second-order valence-corrected chi connectivity index (χ2v) is 3.98. The maximum absolute atomic E-state index is 11.7. The van der Waals surface area contributed by atoms with Gasteiger partial charge in [0.1, 0.15) is 11.4 Å². The van der Waals surface area contributed by atoms with Crippen LogP contribution in [0.5, 0.6) is 0 Å². The first-order valence-electron chi connectivity index (χ1n) is 5.67. The molecule has 7 nitrogen and oxygen atoms in total. The van der Waals surface area contributed by atoms with Gasteiger partial charge in [-0.3, -0.25) is 4.79 Å². The van der Waals surface area contributed by atoms with Gasteiger partial charge in [0.25, 0.3) is 0 Å². The molecular formula is C13H11N3O4. The van der Waals surface area contributed by atoms with Crippen molar-refractivity contribution in [3.05, 3.63) is 41.7 Å².